The fourth-order valence-corrected chi connectivity index (χ4v) is 1.58. The molecule has 0 aromatic heterocycles. The minimum absolute atomic E-state index is 0.0421. The Kier molecular flexibility index (Phi) is 5.64. The first kappa shape index (κ1) is 18.4. The number of carbonyl (C=O) groups is 3. The van der Waals surface area contributed by atoms with Gasteiger partial charge >= 0.3 is 11.9 Å². The number of carboxylic acid groups (broad SMARTS) is 2. The number of ketones is 1. The van der Waals surface area contributed by atoms with E-state index >= 15 is 0 Å². The lowest BCUT2D eigenvalue weighted by Crippen LogP contribution is -2.25. The summed E-state index contributed by atoms with van der Waals surface area (Å²) in [6.45, 7) is 6.46. The van der Waals surface area contributed by atoms with E-state index in [9.17, 15) is 19.5 Å². The van der Waals surface area contributed by atoms with E-state index in [2.05, 4.69) is 4.89 Å². The molecule has 1 aromatic carbocycles. The highest BCUT2D eigenvalue weighted by Gasteiger charge is 2.31. The van der Waals surface area contributed by atoms with Gasteiger partial charge in [-0.3, -0.25) is 4.79 Å². The lowest BCUT2D eigenvalue weighted by atomic mass is 10.0. The number of benzene rings is 1. The molecule has 0 aliphatic heterocycles. The van der Waals surface area contributed by atoms with E-state index in [0.29, 0.717) is 0 Å². The number of Topliss-reactive ketones (excluding diaryl/α,β-unsaturated/α-hetero) is 1. The fraction of sp³-hybridized carbons (Fsp3) is 0.312. The zero-order valence-corrected chi connectivity index (χ0v) is 13.2. The molecule has 0 radical (unpaired) electrons. The third-order valence-electron chi connectivity index (χ3n) is 2.52. The Bertz CT molecular complexity index is 665. The summed E-state index contributed by atoms with van der Waals surface area (Å²) in [5, 5.41) is 18.4. The summed E-state index contributed by atoms with van der Waals surface area (Å²) in [4.78, 5) is 44.5. The first-order valence-electron chi connectivity index (χ1n) is 6.71. The molecule has 0 saturated carbocycles. The van der Waals surface area contributed by atoms with Gasteiger partial charge in [-0.05, 0) is 33.8 Å². The lowest BCUT2D eigenvalue weighted by Gasteiger charge is -2.18. The summed E-state index contributed by atoms with van der Waals surface area (Å²) >= 11 is 0. The van der Waals surface area contributed by atoms with E-state index in [1.165, 1.54) is 12.1 Å². The Morgan fingerprint density at radius 2 is 1.65 bits per heavy atom. The maximum absolute atomic E-state index is 12.4. The van der Waals surface area contributed by atoms with Crippen LogP contribution in [0.15, 0.2) is 35.6 Å². The van der Waals surface area contributed by atoms with Crippen molar-refractivity contribution in [3.63, 3.8) is 0 Å². The average Bonchev–Trinajstić information content (AvgIpc) is 2.40. The molecular weight excluding hydrogens is 304 g/mol. The smallest absolute Gasteiger partial charge is 0.376 e. The molecule has 0 atom stereocenters. The van der Waals surface area contributed by atoms with Crippen LogP contribution < -0.4 is 0 Å². The molecule has 0 aliphatic rings. The second-order valence-electron chi connectivity index (χ2n) is 5.79. The molecule has 0 spiro atoms. The van der Waals surface area contributed by atoms with Crippen molar-refractivity contribution in [2.24, 2.45) is 0 Å². The van der Waals surface area contributed by atoms with Crippen molar-refractivity contribution < 1.29 is 34.4 Å². The quantitative estimate of drug-likeness (QED) is 0.157. The van der Waals surface area contributed by atoms with E-state index in [-0.39, 0.29) is 5.56 Å². The summed E-state index contributed by atoms with van der Waals surface area (Å²) in [6, 6.07) is 6.13. The van der Waals surface area contributed by atoms with Gasteiger partial charge in [0.05, 0.1) is 0 Å². The highest BCUT2D eigenvalue weighted by Crippen LogP contribution is 2.19. The van der Waals surface area contributed by atoms with Crippen LogP contribution in [-0.2, 0) is 19.4 Å². The van der Waals surface area contributed by atoms with Crippen LogP contribution >= 0.6 is 0 Å². The molecule has 0 saturated heterocycles. The predicted molar refractivity (Wildman–Crippen MR) is 79.7 cm³/mol. The third kappa shape index (κ3) is 5.23. The van der Waals surface area contributed by atoms with Crippen LogP contribution in [0.3, 0.4) is 0 Å². The molecule has 7 nitrogen and oxygen atoms in total. The third-order valence-corrected chi connectivity index (χ3v) is 2.52. The molecule has 23 heavy (non-hydrogen) atoms. The standard InChI is InChI=1S/C16H18O7/c1-9-6-5-7-10(8-9)12(17)11(14(18)19)13(15(20)21)22-23-16(2,3)4/h5-8H,1-4H3,(H,18,19)(H,20,21)/b13-11-. The van der Waals surface area contributed by atoms with E-state index < -0.39 is 34.7 Å². The van der Waals surface area contributed by atoms with Gasteiger partial charge in [-0.15, -0.1) is 0 Å². The van der Waals surface area contributed by atoms with E-state index in [4.69, 9.17) is 9.99 Å². The van der Waals surface area contributed by atoms with E-state index in [1.54, 1.807) is 39.8 Å². The molecule has 0 unspecified atom stereocenters. The topological polar surface area (TPSA) is 110 Å². The maximum atomic E-state index is 12.4. The number of aryl methyl sites for hydroxylation is 1. The van der Waals surface area contributed by atoms with Gasteiger partial charge in [-0.25, -0.2) is 9.59 Å². The normalized spacial score (nSPS) is 12.3. The summed E-state index contributed by atoms with van der Waals surface area (Å²) in [6.07, 6.45) is 0. The number of aliphatic carboxylic acids is 2. The summed E-state index contributed by atoms with van der Waals surface area (Å²) in [5.74, 6) is -5.48. The van der Waals surface area contributed by atoms with Gasteiger partial charge in [0, 0.05) is 5.56 Å². The first-order valence-corrected chi connectivity index (χ1v) is 6.71. The number of carbonyl (C=O) groups excluding carboxylic acids is 1. The van der Waals surface area contributed by atoms with Crippen molar-refractivity contribution in [2.45, 2.75) is 33.3 Å². The van der Waals surface area contributed by atoms with Crippen LogP contribution in [0.25, 0.3) is 0 Å². The number of rotatable bonds is 6. The molecule has 1 rings (SSSR count). The number of hydrogen-bond donors (Lipinski definition) is 2. The summed E-state index contributed by atoms with van der Waals surface area (Å²) in [7, 11) is 0. The van der Waals surface area contributed by atoms with Crippen molar-refractivity contribution in [3.8, 4) is 0 Å². The zero-order chi connectivity index (χ0) is 17.8. The van der Waals surface area contributed by atoms with E-state index in [0.717, 1.165) is 5.56 Å². The van der Waals surface area contributed by atoms with Crippen LogP contribution in [0.2, 0.25) is 0 Å². The molecule has 124 valence electrons. The Morgan fingerprint density at radius 3 is 2.09 bits per heavy atom. The largest absolute Gasteiger partial charge is 0.477 e. The van der Waals surface area contributed by atoms with Crippen LogP contribution in [0.4, 0.5) is 0 Å². The Morgan fingerprint density at radius 1 is 1.04 bits per heavy atom. The van der Waals surface area contributed by atoms with Crippen molar-refractivity contribution >= 4 is 17.7 Å². The van der Waals surface area contributed by atoms with Gasteiger partial charge in [-0.1, -0.05) is 23.8 Å². The highest BCUT2D eigenvalue weighted by atomic mass is 17.2. The van der Waals surface area contributed by atoms with Crippen LogP contribution in [0.1, 0.15) is 36.7 Å². The molecule has 0 fully saturated rings. The number of hydrogen-bond acceptors (Lipinski definition) is 5. The van der Waals surface area contributed by atoms with Crippen molar-refractivity contribution in [2.75, 3.05) is 0 Å². The SMILES string of the molecule is Cc1cccc(C(=O)/C(C(=O)O)=C(/OOC(C)(C)C)C(=O)O)c1. The first-order chi connectivity index (χ1) is 10.5. The van der Waals surface area contributed by atoms with Gasteiger partial charge in [0.1, 0.15) is 5.60 Å². The summed E-state index contributed by atoms with van der Waals surface area (Å²) < 4.78 is 0. The molecule has 2 N–H and O–H groups in total. The Hall–Kier alpha value is -2.67. The van der Waals surface area contributed by atoms with Crippen LogP contribution in [0.5, 0.6) is 0 Å². The minimum atomic E-state index is -1.72. The molecule has 0 heterocycles. The van der Waals surface area contributed by atoms with Gasteiger partial charge < -0.3 is 15.1 Å². The molecular formula is C16H18O7. The van der Waals surface area contributed by atoms with Gasteiger partial charge in [0.25, 0.3) is 5.76 Å². The minimum Gasteiger partial charge on any atom is -0.477 e. The molecule has 0 aliphatic carbocycles. The average molecular weight is 322 g/mol. The summed E-state index contributed by atoms with van der Waals surface area (Å²) in [5.41, 5.74) is -1.13. The van der Waals surface area contributed by atoms with E-state index in [1.807, 2.05) is 0 Å². The monoisotopic (exact) mass is 322 g/mol. The maximum Gasteiger partial charge on any atom is 0.376 e. The molecule has 7 heteroatoms. The van der Waals surface area contributed by atoms with Gasteiger partial charge in [0.2, 0.25) is 5.78 Å². The number of carboxylic acids is 2. The molecule has 1 aromatic rings. The fourth-order valence-electron chi connectivity index (χ4n) is 1.58. The van der Waals surface area contributed by atoms with Crippen LogP contribution in [-0.4, -0.2) is 33.5 Å². The second kappa shape index (κ2) is 7.06. The van der Waals surface area contributed by atoms with Crippen LogP contribution in [0, 0.1) is 6.92 Å². The van der Waals surface area contributed by atoms with Gasteiger partial charge in [0.15, 0.2) is 5.57 Å². The Labute approximate surface area is 133 Å². The predicted octanol–water partition coefficient (Wildman–Crippen LogP) is 2.35. The Balaban J connectivity index is 3.36. The highest BCUT2D eigenvalue weighted by molar-refractivity contribution is 6.26. The van der Waals surface area contributed by atoms with Gasteiger partial charge in [-0.2, -0.15) is 4.89 Å². The lowest BCUT2D eigenvalue weighted by molar-refractivity contribution is -0.320. The van der Waals surface area contributed by atoms with Crippen molar-refractivity contribution in [3.05, 3.63) is 46.7 Å². The molecule has 0 amide bonds. The second-order valence-corrected chi connectivity index (χ2v) is 5.79. The van der Waals surface area contributed by atoms with Crippen molar-refractivity contribution in [1.29, 1.82) is 0 Å². The molecule has 0 bridgehead atoms. The zero-order valence-electron chi connectivity index (χ0n) is 13.2. The van der Waals surface area contributed by atoms with Crippen molar-refractivity contribution in [1.82, 2.24) is 0 Å².